The van der Waals surface area contributed by atoms with Crippen molar-refractivity contribution in [3.05, 3.63) is 58.5 Å². The number of primary amides is 1. The molecule has 1 atom stereocenters. The molecule has 2 heterocycles. The first-order valence-electron chi connectivity index (χ1n) is 9.52. The number of nitrogens with one attached hydrogen (secondary N) is 2. The summed E-state index contributed by atoms with van der Waals surface area (Å²) in [7, 11) is 3.85. The molecule has 2 aromatic heterocycles. The van der Waals surface area contributed by atoms with Gasteiger partial charge in [0, 0.05) is 31.2 Å². The molecule has 0 aliphatic carbocycles. The third-order valence-corrected chi connectivity index (χ3v) is 5.17. The van der Waals surface area contributed by atoms with Gasteiger partial charge in [-0.2, -0.15) is 0 Å². The molecule has 3 rings (SSSR count). The number of terminal acetylenes is 1. The molecule has 0 fully saturated rings. The predicted molar refractivity (Wildman–Crippen MR) is 124 cm³/mol. The van der Waals surface area contributed by atoms with Crippen molar-refractivity contribution >= 4 is 35.1 Å². The van der Waals surface area contributed by atoms with E-state index in [1.54, 1.807) is 11.6 Å². The van der Waals surface area contributed by atoms with Crippen molar-refractivity contribution in [3.63, 3.8) is 0 Å². The van der Waals surface area contributed by atoms with E-state index in [2.05, 4.69) is 26.5 Å². The van der Waals surface area contributed by atoms with Crippen LogP contribution < -0.4 is 21.3 Å². The van der Waals surface area contributed by atoms with Crippen LogP contribution in [0.4, 0.5) is 21.2 Å². The van der Waals surface area contributed by atoms with Crippen LogP contribution in [0.25, 0.3) is 11.1 Å². The minimum Gasteiger partial charge on any atom is -0.447 e. The van der Waals surface area contributed by atoms with E-state index in [-0.39, 0.29) is 6.61 Å². The molecule has 0 radical (unpaired) electrons. The van der Waals surface area contributed by atoms with Gasteiger partial charge in [-0.15, -0.1) is 17.8 Å². The number of hydrogen-bond acceptors (Lipinski definition) is 7. The summed E-state index contributed by atoms with van der Waals surface area (Å²) in [6, 6.07) is 10.2. The maximum absolute atomic E-state index is 12.5. The molecular weight excluding hydrogens is 428 g/mol. The number of nitrogens with zero attached hydrogens (tertiary/aromatic N) is 3. The first kappa shape index (κ1) is 22.6. The van der Waals surface area contributed by atoms with Crippen LogP contribution in [0.3, 0.4) is 0 Å². The molecule has 0 saturated carbocycles. The molecule has 3 aromatic rings. The lowest BCUT2D eigenvalue weighted by atomic mass is 10.0. The van der Waals surface area contributed by atoms with E-state index < -0.39 is 18.2 Å². The predicted octanol–water partition coefficient (Wildman–Crippen LogP) is 3.21. The molecule has 0 saturated heterocycles. The number of ether oxygens (including phenoxy) is 1. The first-order chi connectivity index (χ1) is 15.4. The molecule has 4 N–H and O–H groups in total. The Bertz CT molecular complexity index is 1140. The average molecular weight is 451 g/mol. The van der Waals surface area contributed by atoms with Crippen LogP contribution in [0.15, 0.2) is 48.0 Å². The molecule has 1 aromatic carbocycles. The number of amides is 3. The van der Waals surface area contributed by atoms with Gasteiger partial charge >= 0.3 is 12.1 Å². The van der Waals surface area contributed by atoms with Crippen LogP contribution in [0.2, 0.25) is 0 Å². The SMILES string of the molecule is C#Cc1nc(NC(=O)NC(COC(N)=O)c2ccc(-c3cccnc3N(C)C)cc2)cs1. The van der Waals surface area contributed by atoms with Crippen molar-refractivity contribution in [1.82, 2.24) is 15.3 Å². The number of carbonyl (C=O) groups is 2. The quantitative estimate of drug-likeness (QED) is 0.475. The summed E-state index contributed by atoms with van der Waals surface area (Å²) in [5, 5.41) is 7.46. The molecule has 3 amide bonds. The van der Waals surface area contributed by atoms with Crippen LogP contribution in [0.5, 0.6) is 0 Å². The summed E-state index contributed by atoms with van der Waals surface area (Å²) in [6.45, 7) is -0.134. The monoisotopic (exact) mass is 450 g/mol. The van der Waals surface area contributed by atoms with Gasteiger partial charge in [0.05, 0.1) is 6.04 Å². The number of benzene rings is 1. The molecule has 0 spiro atoms. The second-order valence-corrected chi connectivity index (χ2v) is 7.71. The van der Waals surface area contributed by atoms with E-state index in [0.29, 0.717) is 10.8 Å². The van der Waals surface area contributed by atoms with Crippen LogP contribution in [0.1, 0.15) is 16.6 Å². The maximum atomic E-state index is 12.5. The number of rotatable bonds is 7. The third kappa shape index (κ3) is 5.74. The molecule has 0 aliphatic rings. The number of thiazole rings is 1. The minimum absolute atomic E-state index is 0.134. The first-order valence-corrected chi connectivity index (χ1v) is 10.4. The van der Waals surface area contributed by atoms with Crippen LogP contribution in [-0.2, 0) is 4.74 Å². The highest BCUT2D eigenvalue weighted by Gasteiger charge is 2.18. The molecule has 32 heavy (non-hydrogen) atoms. The lowest BCUT2D eigenvalue weighted by molar-refractivity contribution is 0.144. The van der Waals surface area contributed by atoms with Gasteiger partial charge in [-0.1, -0.05) is 24.3 Å². The summed E-state index contributed by atoms with van der Waals surface area (Å²) < 4.78 is 4.94. The van der Waals surface area contributed by atoms with Crippen molar-refractivity contribution in [2.24, 2.45) is 5.73 Å². The fourth-order valence-corrected chi connectivity index (χ4v) is 3.52. The maximum Gasteiger partial charge on any atom is 0.404 e. The number of urea groups is 1. The van der Waals surface area contributed by atoms with Gasteiger partial charge in [0.1, 0.15) is 18.2 Å². The zero-order valence-electron chi connectivity index (χ0n) is 17.5. The molecule has 1 unspecified atom stereocenters. The number of carbonyl (C=O) groups excluding carboxylic acids is 2. The largest absolute Gasteiger partial charge is 0.447 e. The van der Waals surface area contributed by atoms with E-state index in [4.69, 9.17) is 16.9 Å². The van der Waals surface area contributed by atoms with Crippen molar-refractivity contribution in [2.45, 2.75) is 6.04 Å². The highest BCUT2D eigenvalue weighted by Crippen LogP contribution is 2.28. The van der Waals surface area contributed by atoms with E-state index in [1.165, 1.54) is 11.3 Å². The smallest absolute Gasteiger partial charge is 0.404 e. The van der Waals surface area contributed by atoms with Crippen molar-refractivity contribution in [2.75, 3.05) is 30.9 Å². The van der Waals surface area contributed by atoms with Gasteiger partial charge in [-0.25, -0.2) is 19.6 Å². The van der Waals surface area contributed by atoms with Gasteiger partial charge in [-0.05, 0) is 29.2 Å². The van der Waals surface area contributed by atoms with Gasteiger partial charge in [0.25, 0.3) is 0 Å². The fraction of sp³-hybridized carbons (Fsp3) is 0.182. The molecule has 0 bridgehead atoms. The standard InChI is InChI=1S/C22H22N6O3S/c1-4-19-26-18(13-32-19)27-22(30)25-17(12-31-21(23)29)15-9-7-14(8-10-15)16-6-5-11-24-20(16)28(2)3/h1,5-11,13,17H,12H2,2-3H3,(H2,23,29)(H2,25,27,30). The lowest BCUT2D eigenvalue weighted by Crippen LogP contribution is -2.36. The average Bonchev–Trinajstić information content (AvgIpc) is 3.24. The zero-order valence-corrected chi connectivity index (χ0v) is 18.3. The number of nitrogens with two attached hydrogens (primary N) is 1. The fourth-order valence-electron chi connectivity index (χ4n) is 2.97. The van der Waals surface area contributed by atoms with Crippen LogP contribution in [0, 0.1) is 12.3 Å². The van der Waals surface area contributed by atoms with Crippen molar-refractivity contribution in [1.29, 1.82) is 0 Å². The second-order valence-electron chi connectivity index (χ2n) is 6.85. The summed E-state index contributed by atoms with van der Waals surface area (Å²) in [5.74, 6) is 3.57. The summed E-state index contributed by atoms with van der Waals surface area (Å²) in [4.78, 5) is 34.0. The van der Waals surface area contributed by atoms with E-state index in [9.17, 15) is 9.59 Å². The van der Waals surface area contributed by atoms with E-state index >= 15 is 0 Å². The Balaban J connectivity index is 1.78. The second kappa shape index (κ2) is 10.3. The Labute approximate surface area is 189 Å². The topological polar surface area (TPSA) is 122 Å². The Hall–Kier alpha value is -4.10. The molecular formula is C22H22N6O3S. The Morgan fingerprint density at radius 1 is 1.28 bits per heavy atom. The van der Waals surface area contributed by atoms with Gasteiger partial charge in [0.15, 0.2) is 5.01 Å². The summed E-state index contributed by atoms with van der Waals surface area (Å²) in [6.07, 6.45) is 6.11. The Morgan fingerprint density at radius 3 is 2.66 bits per heavy atom. The third-order valence-electron chi connectivity index (χ3n) is 4.40. The number of anilines is 2. The number of pyridine rings is 1. The number of aromatic nitrogens is 2. The zero-order chi connectivity index (χ0) is 23.1. The van der Waals surface area contributed by atoms with Gasteiger partial charge in [-0.3, -0.25) is 5.32 Å². The molecule has 9 nitrogen and oxygen atoms in total. The Morgan fingerprint density at radius 2 is 2.03 bits per heavy atom. The van der Waals surface area contributed by atoms with Crippen LogP contribution in [-0.4, -0.2) is 42.8 Å². The molecule has 0 aliphatic heterocycles. The van der Waals surface area contributed by atoms with Crippen molar-refractivity contribution in [3.8, 4) is 23.5 Å². The van der Waals surface area contributed by atoms with Gasteiger partial charge in [0.2, 0.25) is 0 Å². The summed E-state index contributed by atoms with van der Waals surface area (Å²) in [5.41, 5.74) is 7.75. The minimum atomic E-state index is -0.932. The highest BCUT2D eigenvalue weighted by molar-refractivity contribution is 7.10. The van der Waals surface area contributed by atoms with Crippen molar-refractivity contribution < 1.29 is 14.3 Å². The molecule has 164 valence electrons. The highest BCUT2D eigenvalue weighted by atomic mass is 32.1. The summed E-state index contributed by atoms with van der Waals surface area (Å²) >= 11 is 1.24. The number of hydrogen-bond donors (Lipinski definition) is 3. The molecule has 10 heteroatoms. The lowest BCUT2D eigenvalue weighted by Gasteiger charge is -2.20. The van der Waals surface area contributed by atoms with Gasteiger partial charge < -0.3 is 20.7 Å². The van der Waals surface area contributed by atoms with E-state index in [0.717, 1.165) is 22.5 Å². The normalized spacial score (nSPS) is 11.2. The van der Waals surface area contributed by atoms with Crippen LogP contribution >= 0.6 is 11.3 Å². The van der Waals surface area contributed by atoms with E-state index in [1.807, 2.05) is 55.4 Å². The Kier molecular flexibility index (Phi) is 7.25.